The molecule has 156 valence electrons. The van der Waals surface area contributed by atoms with E-state index in [0.29, 0.717) is 12.2 Å². The van der Waals surface area contributed by atoms with E-state index in [1.54, 1.807) is 0 Å². The number of aromatic amines is 1. The largest absolute Gasteiger partial charge is 0.469 e. The van der Waals surface area contributed by atoms with Gasteiger partial charge in [-0.3, -0.25) is 14.3 Å². The first kappa shape index (κ1) is 20.8. The third-order valence-corrected chi connectivity index (χ3v) is 5.29. The quantitative estimate of drug-likeness (QED) is 0.743. The minimum atomic E-state index is -0.561. The van der Waals surface area contributed by atoms with Gasteiger partial charge in [-0.1, -0.05) is 49.1 Å². The van der Waals surface area contributed by atoms with Crippen LogP contribution in [0.2, 0.25) is 0 Å². The molecule has 0 aliphatic heterocycles. The van der Waals surface area contributed by atoms with Gasteiger partial charge in [-0.2, -0.15) is 0 Å². The number of esters is 1. The second-order valence-corrected chi connectivity index (χ2v) is 7.51. The second kappa shape index (κ2) is 9.54. The lowest BCUT2D eigenvalue weighted by atomic mass is 9.96. The fourth-order valence-electron chi connectivity index (χ4n) is 3.56. The Balaban J connectivity index is 2.05. The summed E-state index contributed by atoms with van der Waals surface area (Å²) in [6.07, 6.45) is 5.26. The van der Waals surface area contributed by atoms with Crippen molar-refractivity contribution < 1.29 is 9.53 Å². The van der Waals surface area contributed by atoms with Crippen molar-refractivity contribution in [2.45, 2.75) is 64.6 Å². The summed E-state index contributed by atoms with van der Waals surface area (Å²) in [7, 11) is 1.28. The molecule has 1 fully saturated rings. The molecule has 1 saturated carbocycles. The van der Waals surface area contributed by atoms with Gasteiger partial charge in [0.05, 0.1) is 26.1 Å². The SMILES string of the molecule is COC(=O)CCn1c(=O)[nH]/c(=N\C2CCCCC2)n(Cc2ccc(C)cc2)c1=O. The molecule has 1 N–H and O–H groups in total. The van der Waals surface area contributed by atoms with Gasteiger partial charge in [0.25, 0.3) is 0 Å². The van der Waals surface area contributed by atoms with Crippen molar-refractivity contribution in [3.05, 3.63) is 62.0 Å². The minimum Gasteiger partial charge on any atom is -0.469 e. The Bertz CT molecular complexity index is 1020. The number of aromatic nitrogens is 3. The second-order valence-electron chi connectivity index (χ2n) is 7.51. The first-order valence-electron chi connectivity index (χ1n) is 10.1. The molecule has 1 aromatic carbocycles. The number of H-pyrrole nitrogens is 1. The van der Waals surface area contributed by atoms with Gasteiger partial charge >= 0.3 is 17.3 Å². The van der Waals surface area contributed by atoms with E-state index in [1.807, 2.05) is 31.2 Å². The molecule has 1 aliphatic rings. The van der Waals surface area contributed by atoms with Crippen LogP contribution in [0.25, 0.3) is 0 Å². The van der Waals surface area contributed by atoms with E-state index in [2.05, 4.69) is 9.72 Å². The highest BCUT2D eigenvalue weighted by molar-refractivity contribution is 5.68. The summed E-state index contributed by atoms with van der Waals surface area (Å²) in [6.45, 7) is 2.25. The number of benzene rings is 1. The van der Waals surface area contributed by atoms with Crippen molar-refractivity contribution in [1.29, 1.82) is 0 Å². The Morgan fingerprint density at radius 1 is 1.14 bits per heavy atom. The van der Waals surface area contributed by atoms with Crippen molar-refractivity contribution in [2.75, 3.05) is 7.11 Å². The van der Waals surface area contributed by atoms with Gasteiger partial charge in [-0.25, -0.2) is 19.1 Å². The Hall–Kier alpha value is -2.90. The Morgan fingerprint density at radius 2 is 1.83 bits per heavy atom. The molecule has 1 aromatic heterocycles. The smallest absolute Gasteiger partial charge is 0.335 e. The molecule has 29 heavy (non-hydrogen) atoms. The predicted molar refractivity (Wildman–Crippen MR) is 109 cm³/mol. The molecule has 1 heterocycles. The Kier molecular flexibility index (Phi) is 6.85. The molecular weight excluding hydrogens is 372 g/mol. The number of methoxy groups -OCH3 is 1. The maximum absolute atomic E-state index is 13.1. The summed E-state index contributed by atoms with van der Waals surface area (Å²) in [5.41, 5.74) is 1.32. The Labute approximate surface area is 168 Å². The van der Waals surface area contributed by atoms with E-state index >= 15 is 0 Å². The summed E-state index contributed by atoms with van der Waals surface area (Å²) in [4.78, 5) is 44.6. The molecular formula is C21H28N4O4. The molecule has 0 unspecified atom stereocenters. The normalized spacial score (nSPS) is 15.4. The lowest BCUT2D eigenvalue weighted by molar-refractivity contribution is -0.140. The van der Waals surface area contributed by atoms with Gasteiger partial charge in [0.1, 0.15) is 0 Å². The zero-order valence-electron chi connectivity index (χ0n) is 17.0. The number of hydrogen-bond acceptors (Lipinski definition) is 5. The van der Waals surface area contributed by atoms with E-state index < -0.39 is 17.3 Å². The molecule has 0 atom stereocenters. The number of rotatable bonds is 6. The molecule has 1 aliphatic carbocycles. The van der Waals surface area contributed by atoms with Crippen molar-refractivity contribution in [1.82, 2.24) is 14.1 Å². The highest BCUT2D eigenvalue weighted by Crippen LogP contribution is 2.19. The molecule has 0 amide bonds. The molecule has 3 rings (SSSR count). The van der Waals surface area contributed by atoms with Crippen LogP contribution < -0.4 is 17.0 Å². The molecule has 0 saturated heterocycles. The number of ether oxygens (including phenoxy) is 1. The highest BCUT2D eigenvalue weighted by atomic mass is 16.5. The predicted octanol–water partition coefficient (Wildman–Crippen LogP) is 1.49. The fourth-order valence-corrected chi connectivity index (χ4v) is 3.56. The van der Waals surface area contributed by atoms with Gasteiger partial charge < -0.3 is 4.74 Å². The topological polar surface area (TPSA) is 98.4 Å². The number of hydrogen-bond donors (Lipinski definition) is 1. The van der Waals surface area contributed by atoms with Gasteiger partial charge in [-0.05, 0) is 25.3 Å². The van der Waals surface area contributed by atoms with E-state index in [1.165, 1.54) is 18.1 Å². The number of aryl methyl sites for hydroxylation is 1. The number of carbonyl (C=O) groups is 1. The van der Waals surface area contributed by atoms with E-state index in [0.717, 1.165) is 41.4 Å². The number of nitrogens with one attached hydrogen (secondary N) is 1. The van der Waals surface area contributed by atoms with Crippen LogP contribution in [0.1, 0.15) is 49.7 Å². The van der Waals surface area contributed by atoms with Crippen molar-refractivity contribution in [3.63, 3.8) is 0 Å². The van der Waals surface area contributed by atoms with Gasteiger partial charge in [0.2, 0.25) is 5.62 Å². The molecule has 0 radical (unpaired) electrons. The first-order chi connectivity index (χ1) is 14.0. The lowest BCUT2D eigenvalue weighted by Crippen LogP contribution is -2.50. The molecule has 8 heteroatoms. The summed E-state index contributed by atoms with van der Waals surface area (Å²) in [5, 5.41) is 0. The maximum atomic E-state index is 13.1. The third kappa shape index (κ3) is 5.34. The van der Waals surface area contributed by atoms with Crippen LogP contribution >= 0.6 is 0 Å². The zero-order chi connectivity index (χ0) is 20.8. The van der Waals surface area contributed by atoms with E-state index in [-0.39, 0.29) is 19.0 Å². The van der Waals surface area contributed by atoms with Crippen molar-refractivity contribution in [2.24, 2.45) is 4.99 Å². The highest BCUT2D eigenvalue weighted by Gasteiger charge is 2.15. The molecule has 8 nitrogen and oxygen atoms in total. The van der Waals surface area contributed by atoms with Crippen LogP contribution in [0.4, 0.5) is 0 Å². The van der Waals surface area contributed by atoms with Gasteiger partial charge in [0.15, 0.2) is 0 Å². The maximum Gasteiger partial charge on any atom is 0.335 e. The van der Waals surface area contributed by atoms with Crippen LogP contribution in [0.3, 0.4) is 0 Å². The van der Waals surface area contributed by atoms with Crippen LogP contribution in [0, 0.1) is 6.92 Å². The monoisotopic (exact) mass is 400 g/mol. The summed E-state index contributed by atoms with van der Waals surface area (Å²) < 4.78 is 7.14. The summed E-state index contributed by atoms with van der Waals surface area (Å²) in [6, 6.07) is 7.98. The van der Waals surface area contributed by atoms with E-state index in [9.17, 15) is 14.4 Å². The average molecular weight is 400 g/mol. The van der Waals surface area contributed by atoms with E-state index in [4.69, 9.17) is 4.99 Å². The zero-order valence-corrected chi connectivity index (χ0v) is 17.0. The standard InChI is InChI=1S/C21H28N4O4/c1-15-8-10-16(11-9-15)14-25-19(22-17-6-4-3-5-7-17)23-20(27)24(21(25)28)13-12-18(26)29-2/h8-11,17H,3-7,12-14H2,1-2H3,(H,22,23,27). The average Bonchev–Trinajstić information content (AvgIpc) is 2.72. The molecule has 0 bridgehead atoms. The number of nitrogens with zero attached hydrogens (tertiary/aromatic N) is 3. The van der Waals surface area contributed by atoms with Crippen LogP contribution in [0.15, 0.2) is 38.8 Å². The van der Waals surface area contributed by atoms with Gasteiger partial charge in [0, 0.05) is 6.54 Å². The third-order valence-electron chi connectivity index (χ3n) is 5.29. The lowest BCUT2D eigenvalue weighted by Gasteiger charge is -2.18. The van der Waals surface area contributed by atoms with Crippen LogP contribution in [0.5, 0.6) is 0 Å². The minimum absolute atomic E-state index is 0.0432. The summed E-state index contributed by atoms with van der Waals surface area (Å²) in [5.74, 6) is -0.475. The van der Waals surface area contributed by atoms with Gasteiger partial charge in [-0.15, -0.1) is 0 Å². The summed E-state index contributed by atoms with van der Waals surface area (Å²) >= 11 is 0. The van der Waals surface area contributed by atoms with Crippen molar-refractivity contribution >= 4 is 5.97 Å². The first-order valence-corrected chi connectivity index (χ1v) is 10.1. The fraction of sp³-hybridized carbons (Fsp3) is 0.524. The van der Waals surface area contributed by atoms with Crippen molar-refractivity contribution in [3.8, 4) is 0 Å². The molecule has 0 spiro atoms. The van der Waals surface area contributed by atoms with Crippen LogP contribution in [-0.4, -0.2) is 33.2 Å². The molecule has 2 aromatic rings. The number of carbonyl (C=O) groups excluding carboxylic acids is 1. The van der Waals surface area contributed by atoms with Crippen LogP contribution in [-0.2, 0) is 22.6 Å². The Morgan fingerprint density at radius 3 is 2.48 bits per heavy atom.